The predicted molar refractivity (Wildman–Crippen MR) is 69.7 cm³/mol. The standard InChI is InChI=1S/C13H17NSi/c1-15(2)13-10-6-9-12(13)14-11-7-4-3-5-8-11/h3-8,10,14-15H,9H2,1-2H3. The number of hydrogen-bond acceptors (Lipinski definition) is 1. The first-order chi connectivity index (χ1) is 7.27. The summed E-state index contributed by atoms with van der Waals surface area (Å²) in [6.45, 7) is 4.75. The van der Waals surface area contributed by atoms with Crippen molar-refractivity contribution in [3.05, 3.63) is 53.4 Å². The molecule has 0 atom stereocenters. The predicted octanol–water partition coefficient (Wildman–Crippen LogP) is 3.34. The fourth-order valence-electron chi connectivity index (χ4n) is 1.88. The number of benzene rings is 1. The number of allylic oxidation sites excluding steroid dienone is 3. The highest BCUT2D eigenvalue weighted by molar-refractivity contribution is 6.65. The van der Waals surface area contributed by atoms with E-state index >= 15 is 0 Å². The lowest BCUT2D eigenvalue weighted by atomic mass is 10.3. The zero-order chi connectivity index (χ0) is 10.7. The van der Waals surface area contributed by atoms with Gasteiger partial charge in [0.25, 0.3) is 0 Å². The Labute approximate surface area is 93.1 Å². The summed E-state index contributed by atoms with van der Waals surface area (Å²) in [5, 5.41) is 5.09. The van der Waals surface area contributed by atoms with Crippen LogP contribution >= 0.6 is 0 Å². The maximum Gasteiger partial charge on any atom is 0.0670 e. The normalized spacial score (nSPS) is 15.1. The third-order valence-corrected chi connectivity index (χ3v) is 4.44. The van der Waals surface area contributed by atoms with Crippen molar-refractivity contribution in [1.29, 1.82) is 0 Å². The van der Waals surface area contributed by atoms with Crippen LogP contribution in [0.1, 0.15) is 6.42 Å². The molecule has 0 unspecified atom stereocenters. The van der Waals surface area contributed by atoms with Crippen molar-refractivity contribution in [2.75, 3.05) is 5.32 Å². The summed E-state index contributed by atoms with van der Waals surface area (Å²) in [5.74, 6) is 0. The van der Waals surface area contributed by atoms with Crippen LogP contribution in [0.15, 0.2) is 53.4 Å². The average Bonchev–Trinajstić information content (AvgIpc) is 2.67. The first kappa shape index (κ1) is 10.2. The van der Waals surface area contributed by atoms with Crippen LogP contribution in [0, 0.1) is 0 Å². The van der Waals surface area contributed by atoms with Crippen molar-refractivity contribution in [2.24, 2.45) is 0 Å². The van der Waals surface area contributed by atoms with Gasteiger partial charge in [-0.05, 0) is 17.3 Å². The maximum absolute atomic E-state index is 3.52. The molecule has 0 spiro atoms. The molecule has 1 nitrogen and oxygen atoms in total. The number of hydrogen-bond donors (Lipinski definition) is 1. The van der Waals surface area contributed by atoms with E-state index in [4.69, 9.17) is 0 Å². The van der Waals surface area contributed by atoms with E-state index in [0.29, 0.717) is 0 Å². The number of anilines is 1. The molecule has 0 fully saturated rings. The molecule has 1 aromatic carbocycles. The molecule has 0 amide bonds. The Balaban J connectivity index is 2.16. The number of rotatable bonds is 3. The summed E-state index contributed by atoms with van der Waals surface area (Å²) in [7, 11) is -0.692. The van der Waals surface area contributed by atoms with Gasteiger partial charge >= 0.3 is 0 Å². The Kier molecular flexibility index (Phi) is 3.07. The average molecular weight is 215 g/mol. The lowest BCUT2D eigenvalue weighted by Gasteiger charge is -2.12. The van der Waals surface area contributed by atoms with Crippen LogP contribution in [0.25, 0.3) is 0 Å². The molecule has 0 aliphatic heterocycles. The van der Waals surface area contributed by atoms with Gasteiger partial charge in [-0.1, -0.05) is 43.4 Å². The zero-order valence-electron chi connectivity index (χ0n) is 9.33. The van der Waals surface area contributed by atoms with Gasteiger partial charge in [-0.2, -0.15) is 0 Å². The van der Waals surface area contributed by atoms with Gasteiger partial charge in [-0.3, -0.25) is 0 Å². The van der Waals surface area contributed by atoms with Crippen LogP contribution in [-0.2, 0) is 0 Å². The first-order valence-electron chi connectivity index (χ1n) is 5.49. The maximum atomic E-state index is 3.52. The smallest absolute Gasteiger partial charge is 0.0670 e. The van der Waals surface area contributed by atoms with Crippen molar-refractivity contribution in [3.8, 4) is 0 Å². The van der Waals surface area contributed by atoms with Crippen molar-refractivity contribution in [2.45, 2.75) is 19.5 Å². The van der Waals surface area contributed by atoms with E-state index in [-0.39, 0.29) is 0 Å². The van der Waals surface area contributed by atoms with E-state index in [1.54, 1.807) is 5.20 Å². The van der Waals surface area contributed by atoms with Gasteiger partial charge in [0, 0.05) is 17.8 Å². The van der Waals surface area contributed by atoms with Crippen LogP contribution < -0.4 is 5.32 Å². The minimum atomic E-state index is -0.692. The van der Waals surface area contributed by atoms with E-state index in [9.17, 15) is 0 Å². The second kappa shape index (κ2) is 4.49. The molecule has 0 saturated carbocycles. The third-order valence-electron chi connectivity index (χ3n) is 2.66. The summed E-state index contributed by atoms with van der Waals surface area (Å²) in [6.07, 6.45) is 5.62. The Morgan fingerprint density at radius 1 is 1.13 bits per heavy atom. The molecule has 2 rings (SSSR count). The number of para-hydroxylation sites is 1. The quantitative estimate of drug-likeness (QED) is 0.763. The van der Waals surface area contributed by atoms with Gasteiger partial charge in [0.1, 0.15) is 0 Å². The minimum Gasteiger partial charge on any atom is -0.359 e. The monoisotopic (exact) mass is 215 g/mol. The van der Waals surface area contributed by atoms with Crippen LogP contribution in [0.2, 0.25) is 13.1 Å². The Morgan fingerprint density at radius 3 is 2.53 bits per heavy atom. The molecule has 2 heteroatoms. The van der Waals surface area contributed by atoms with E-state index in [1.165, 1.54) is 11.4 Å². The summed E-state index contributed by atoms with van der Waals surface area (Å²) < 4.78 is 0. The Bertz CT molecular complexity index is 390. The second-order valence-corrected chi connectivity index (χ2v) is 7.12. The van der Waals surface area contributed by atoms with E-state index in [2.05, 4.69) is 54.8 Å². The second-order valence-electron chi connectivity index (χ2n) is 4.19. The van der Waals surface area contributed by atoms with E-state index in [1.807, 2.05) is 6.07 Å². The van der Waals surface area contributed by atoms with E-state index < -0.39 is 8.80 Å². The van der Waals surface area contributed by atoms with Crippen molar-refractivity contribution < 1.29 is 0 Å². The van der Waals surface area contributed by atoms with Crippen LogP contribution in [-0.4, -0.2) is 8.80 Å². The highest BCUT2D eigenvalue weighted by atomic mass is 28.3. The number of nitrogens with one attached hydrogen (secondary N) is 1. The molecule has 0 aromatic heterocycles. The fraction of sp³-hybridized carbons (Fsp3) is 0.231. The zero-order valence-corrected chi connectivity index (χ0v) is 10.5. The third kappa shape index (κ3) is 2.39. The topological polar surface area (TPSA) is 12.0 Å². The van der Waals surface area contributed by atoms with Gasteiger partial charge in [0.15, 0.2) is 0 Å². The molecular weight excluding hydrogens is 198 g/mol. The van der Waals surface area contributed by atoms with Gasteiger partial charge in [-0.25, -0.2) is 0 Å². The molecule has 0 saturated heterocycles. The summed E-state index contributed by atoms with van der Waals surface area (Å²) in [5.41, 5.74) is 2.60. The van der Waals surface area contributed by atoms with Crippen LogP contribution in [0.3, 0.4) is 0 Å². The molecule has 1 aromatic rings. The van der Waals surface area contributed by atoms with Crippen molar-refractivity contribution >= 4 is 14.5 Å². The van der Waals surface area contributed by atoms with Gasteiger partial charge < -0.3 is 5.32 Å². The summed E-state index contributed by atoms with van der Waals surface area (Å²) >= 11 is 0. The lowest BCUT2D eigenvalue weighted by molar-refractivity contribution is 1.24. The minimum absolute atomic E-state index is 0.692. The summed E-state index contributed by atoms with van der Waals surface area (Å²) in [4.78, 5) is 0. The van der Waals surface area contributed by atoms with E-state index in [0.717, 1.165) is 6.42 Å². The molecule has 15 heavy (non-hydrogen) atoms. The highest BCUT2D eigenvalue weighted by Crippen LogP contribution is 2.23. The van der Waals surface area contributed by atoms with Crippen LogP contribution in [0.5, 0.6) is 0 Å². The van der Waals surface area contributed by atoms with Crippen LogP contribution in [0.4, 0.5) is 5.69 Å². The molecule has 0 bridgehead atoms. The molecular formula is C13H17NSi. The van der Waals surface area contributed by atoms with Gasteiger partial charge in [0.2, 0.25) is 0 Å². The lowest BCUT2D eigenvalue weighted by Crippen LogP contribution is -2.09. The molecule has 78 valence electrons. The Hall–Kier alpha value is -1.28. The molecule has 1 aliphatic rings. The highest BCUT2D eigenvalue weighted by Gasteiger charge is 2.12. The van der Waals surface area contributed by atoms with Gasteiger partial charge in [0.05, 0.1) is 8.80 Å². The molecule has 0 heterocycles. The first-order valence-corrected chi connectivity index (χ1v) is 8.37. The molecule has 1 aliphatic carbocycles. The molecule has 0 radical (unpaired) electrons. The van der Waals surface area contributed by atoms with Gasteiger partial charge in [-0.15, -0.1) is 0 Å². The molecule has 1 N–H and O–H groups in total. The fourth-order valence-corrected chi connectivity index (χ4v) is 3.29. The van der Waals surface area contributed by atoms with Crippen molar-refractivity contribution in [1.82, 2.24) is 0 Å². The summed E-state index contributed by atoms with van der Waals surface area (Å²) in [6, 6.07) is 10.4. The van der Waals surface area contributed by atoms with Crippen molar-refractivity contribution in [3.63, 3.8) is 0 Å². The SMILES string of the molecule is C[SiH](C)C1=C(Nc2ccccc2)CC=C1. The Morgan fingerprint density at radius 2 is 1.87 bits per heavy atom. The largest absolute Gasteiger partial charge is 0.359 e.